The van der Waals surface area contributed by atoms with Gasteiger partial charge in [-0.15, -0.1) is 0 Å². The van der Waals surface area contributed by atoms with Crippen LogP contribution in [0.15, 0.2) is 73.2 Å². The van der Waals surface area contributed by atoms with Gasteiger partial charge in [0, 0.05) is 48.4 Å². The summed E-state index contributed by atoms with van der Waals surface area (Å²) in [7, 11) is 0. The normalized spacial score (nSPS) is 11.6. The summed E-state index contributed by atoms with van der Waals surface area (Å²) in [6, 6.07) is 14.4. The Balaban J connectivity index is 0.00000387. The van der Waals surface area contributed by atoms with E-state index in [1.807, 2.05) is 24.3 Å². The van der Waals surface area contributed by atoms with Gasteiger partial charge in [0.1, 0.15) is 17.4 Å². The monoisotopic (exact) mass is 557 g/mol. The quantitative estimate of drug-likeness (QED) is 0.228. The molecular formula is C30H29F2N7O2. The van der Waals surface area contributed by atoms with E-state index in [0.717, 1.165) is 28.5 Å². The highest BCUT2D eigenvalue weighted by atomic mass is 19.2. The third-order valence-corrected chi connectivity index (χ3v) is 6.45. The zero-order valence-corrected chi connectivity index (χ0v) is 21.3. The number of carbonyl (C=O) groups excluding carboxylic acids is 2. The maximum atomic E-state index is 13.9. The summed E-state index contributed by atoms with van der Waals surface area (Å²) in [5.41, 5.74) is 7.84. The molecule has 3 heterocycles. The van der Waals surface area contributed by atoms with Crippen molar-refractivity contribution in [2.75, 3.05) is 5.73 Å². The lowest BCUT2D eigenvalue weighted by Gasteiger charge is -2.17. The van der Waals surface area contributed by atoms with Crippen molar-refractivity contribution in [3.05, 3.63) is 102 Å². The molecule has 2 aromatic carbocycles. The van der Waals surface area contributed by atoms with E-state index in [1.54, 1.807) is 30.7 Å². The van der Waals surface area contributed by atoms with Gasteiger partial charge in [-0.25, -0.2) is 18.7 Å². The molecule has 0 aliphatic carbocycles. The zero-order valence-electron chi connectivity index (χ0n) is 21.3. The highest BCUT2D eigenvalue weighted by molar-refractivity contribution is 5.91. The van der Waals surface area contributed by atoms with Crippen LogP contribution >= 0.6 is 0 Å². The average Bonchev–Trinajstić information content (AvgIpc) is 3.42. The molecular weight excluding hydrogens is 528 g/mol. The molecule has 1 amide bonds. The predicted octanol–water partition coefficient (Wildman–Crippen LogP) is 4.59. The average molecular weight is 558 g/mol. The number of amides is 1. The molecule has 5 rings (SSSR count). The van der Waals surface area contributed by atoms with Crippen molar-refractivity contribution in [2.45, 2.75) is 33.2 Å². The van der Waals surface area contributed by atoms with Crippen molar-refractivity contribution < 1.29 is 18.4 Å². The van der Waals surface area contributed by atoms with Crippen molar-refractivity contribution in [3.8, 4) is 11.4 Å². The SMILES string of the molecule is C.Nc1nccc2cc(CNC(=O)[C@@H](CC(=O)Cc3nc(-c4cccnc4)n[nH]3)Cc3ccc(F)c(F)c3)ccc12. The number of halogens is 2. The van der Waals surface area contributed by atoms with Crippen molar-refractivity contribution in [1.29, 1.82) is 0 Å². The molecule has 0 saturated carbocycles. The number of rotatable bonds is 10. The molecule has 0 aliphatic heterocycles. The number of aromatic nitrogens is 5. The number of nitrogens with zero attached hydrogens (tertiary/aromatic N) is 4. The van der Waals surface area contributed by atoms with Crippen LogP contribution in [0.5, 0.6) is 0 Å². The number of fused-ring (bicyclic) bond motifs is 1. The Kier molecular flexibility index (Phi) is 9.08. The van der Waals surface area contributed by atoms with E-state index in [-0.39, 0.29) is 44.9 Å². The highest BCUT2D eigenvalue weighted by Gasteiger charge is 2.24. The number of benzene rings is 2. The van der Waals surface area contributed by atoms with E-state index in [4.69, 9.17) is 5.73 Å². The third kappa shape index (κ3) is 7.13. The summed E-state index contributed by atoms with van der Waals surface area (Å²) in [5.74, 6) is -2.30. The van der Waals surface area contributed by atoms with E-state index < -0.39 is 17.6 Å². The first-order chi connectivity index (χ1) is 19.4. The van der Waals surface area contributed by atoms with Crippen molar-refractivity contribution in [1.82, 2.24) is 30.5 Å². The second-order valence-corrected chi connectivity index (χ2v) is 9.39. The Labute approximate surface area is 235 Å². The van der Waals surface area contributed by atoms with Gasteiger partial charge in [0.15, 0.2) is 17.5 Å². The van der Waals surface area contributed by atoms with E-state index >= 15 is 0 Å². The van der Waals surface area contributed by atoms with Crippen LogP contribution in [-0.4, -0.2) is 36.8 Å². The summed E-state index contributed by atoms with van der Waals surface area (Å²) in [6.07, 6.45) is 4.69. The summed E-state index contributed by atoms with van der Waals surface area (Å²) >= 11 is 0. The molecule has 210 valence electrons. The van der Waals surface area contributed by atoms with Crippen molar-refractivity contribution in [2.24, 2.45) is 5.92 Å². The van der Waals surface area contributed by atoms with Gasteiger partial charge >= 0.3 is 0 Å². The second kappa shape index (κ2) is 12.9. The van der Waals surface area contributed by atoms with Gasteiger partial charge in [0.2, 0.25) is 5.91 Å². The number of Topliss-reactive ketones (excluding diaryl/α,β-unsaturated/α-hetero) is 1. The van der Waals surface area contributed by atoms with Gasteiger partial charge in [-0.1, -0.05) is 25.6 Å². The fourth-order valence-corrected chi connectivity index (χ4v) is 4.44. The molecule has 0 saturated heterocycles. The minimum Gasteiger partial charge on any atom is -0.383 e. The lowest BCUT2D eigenvalue weighted by Crippen LogP contribution is -2.33. The molecule has 1 atom stereocenters. The predicted molar refractivity (Wildman–Crippen MR) is 151 cm³/mol. The molecule has 5 aromatic rings. The molecule has 0 bridgehead atoms. The largest absolute Gasteiger partial charge is 0.383 e. The summed E-state index contributed by atoms with van der Waals surface area (Å²) < 4.78 is 27.3. The van der Waals surface area contributed by atoms with E-state index in [0.29, 0.717) is 28.6 Å². The molecule has 41 heavy (non-hydrogen) atoms. The lowest BCUT2D eigenvalue weighted by molar-refractivity contribution is -0.129. The van der Waals surface area contributed by atoms with Crippen molar-refractivity contribution >= 4 is 28.3 Å². The Morgan fingerprint density at radius 1 is 1.00 bits per heavy atom. The molecule has 0 spiro atoms. The smallest absolute Gasteiger partial charge is 0.224 e. The Morgan fingerprint density at radius 3 is 2.61 bits per heavy atom. The van der Waals surface area contributed by atoms with Crippen LogP contribution in [0, 0.1) is 17.6 Å². The van der Waals surface area contributed by atoms with Crippen LogP contribution in [0.3, 0.4) is 0 Å². The van der Waals surface area contributed by atoms with Crippen LogP contribution in [0.2, 0.25) is 0 Å². The van der Waals surface area contributed by atoms with Crippen LogP contribution in [0.4, 0.5) is 14.6 Å². The molecule has 0 radical (unpaired) electrons. The maximum Gasteiger partial charge on any atom is 0.224 e. The summed E-state index contributed by atoms with van der Waals surface area (Å²) in [5, 5.41) is 11.4. The molecule has 11 heteroatoms. The standard InChI is InChI=1S/C29H25F2N7O2.CH4/c30-24-6-4-17(12-25(24)31)10-21(13-22(39)14-26-36-28(38-37-26)20-2-1-8-33-16-20)29(40)35-15-18-3-5-23-19(11-18)7-9-34-27(23)32;/h1-9,11-12,16,21H,10,13-15H2,(H2,32,34)(H,35,40)(H,36,37,38);1H4/t21-;/m1./s1. The van der Waals surface area contributed by atoms with E-state index in [9.17, 15) is 18.4 Å². The molecule has 9 nitrogen and oxygen atoms in total. The number of hydrogen-bond donors (Lipinski definition) is 3. The van der Waals surface area contributed by atoms with Gasteiger partial charge in [-0.3, -0.25) is 19.7 Å². The first-order valence-corrected chi connectivity index (χ1v) is 12.5. The van der Waals surface area contributed by atoms with Crippen molar-refractivity contribution in [3.63, 3.8) is 0 Å². The summed E-state index contributed by atoms with van der Waals surface area (Å²) in [4.78, 5) is 38.7. The van der Waals surface area contributed by atoms with Crippen LogP contribution < -0.4 is 11.1 Å². The Morgan fingerprint density at radius 2 is 1.83 bits per heavy atom. The van der Waals surface area contributed by atoms with Crippen LogP contribution in [0.25, 0.3) is 22.2 Å². The number of nitrogens with one attached hydrogen (secondary N) is 2. The lowest BCUT2D eigenvalue weighted by atomic mass is 9.92. The molecule has 0 unspecified atom stereocenters. The first kappa shape index (κ1) is 28.9. The van der Waals surface area contributed by atoms with Gasteiger partial charge in [0.05, 0.1) is 6.42 Å². The number of pyridine rings is 2. The maximum absolute atomic E-state index is 13.9. The minimum absolute atomic E-state index is 0. The second-order valence-electron chi connectivity index (χ2n) is 9.39. The number of nitrogens with two attached hydrogens (primary N) is 1. The number of carbonyl (C=O) groups is 2. The fourth-order valence-electron chi connectivity index (χ4n) is 4.44. The Hall–Kier alpha value is -5.06. The van der Waals surface area contributed by atoms with Crippen LogP contribution in [0.1, 0.15) is 30.8 Å². The number of hydrogen-bond acceptors (Lipinski definition) is 7. The number of anilines is 1. The zero-order chi connectivity index (χ0) is 28.1. The molecule has 4 N–H and O–H groups in total. The van der Waals surface area contributed by atoms with Gasteiger partial charge in [-0.2, -0.15) is 5.10 Å². The van der Waals surface area contributed by atoms with Crippen LogP contribution in [-0.2, 0) is 29.0 Å². The number of H-pyrrole nitrogens is 1. The Bertz CT molecular complexity index is 1670. The number of ketones is 1. The molecule has 3 aromatic heterocycles. The number of aromatic amines is 1. The molecule has 0 fully saturated rings. The van der Waals surface area contributed by atoms with Gasteiger partial charge in [-0.05, 0) is 59.3 Å². The third-order valence-electron chi connectivity index (χ3n) is 6.45. The highest BCUT2D eigenvalue weighted by Crippen LogP contribution is 2.21. The number of nitrogen functional groups attached to an aromatic ring is 1. The van der Waals surface area contributed by atoms with E-state index in [1.165, 1.54) is 6.07 Å². The van der Waals surface area contributed by atoms with Gasteiger partial charge < -0.3 is 11.1 Å². The van der Waals surface area contributed by atoms with Gasteiger partial charge in [0.25, 0.3) is 0 Å². The summed E-state index contributed by atoms with van der Waals surface area (Å²) in [6.45, 7) is 0.204. The topological polar surface area (TPSA) is 140 Å². The fraction of sp³-hybridized carbons (Fsp3) is 0.200. The minimum atomic E-state index is -1.02. The first-order valence-electron chi connectivity index (χ1n) is 12.5. The molecule has 0 aliphatic rings. The van der Waals surface area contributed by atoms with E-state index in [2.05, 4.69) is 30.5 Å².